The molecule has 0 spiro atoms. The normalized spacial score (nSPS) is 17.6. The van der Waals surface area contributed by atoms with Gasteiger partial charge in [0.05, 0.1) is 17.9 Å². The van der Waals surface area contributed by atoms with Crippen LogP contribution in [0.2, 0.25) is 0 Å². The number of aromatic nitrogens is 1. The van der Waals surface area contributed by atoms with Crippen molar-refractivity contribution in [2.24, 2.45) is 5.92 Å². The number of pyridine rings is 1. The van der Waals surface area contributed by atoms with E-state index in [1.807, 2.05) is 19.1 Å². The summed E-state index contributed by atoms with van der Waals surface area (Å²) in [6.45, 7) is 6.64. The number of hydrogen-bond acceptors (Lipinski definition) is 5. The Morgan fingerprint density at radius 3 is 2.33 bits per heavy atom. The van der Waals surface area contributed by atoms with E-state index >= 15 is 0 Å². The molecule has 1 fully saturated rings. The monoisotopic (exact) mass is 442 g/mol. The minimum atomic E-state index is -0.842. The Hall–Kier alpha value is -3.93. The van der Waals surface area contributed by atoms with Gasteiger partial charge >= 0.3 is 0 Å². The van der Waals surface area contributed by atoms with E-state index < -0.39 is 17.7 Å². The Balaban J connectivity index is 1.79. The molecule has 1 N–H and O–H groups in total. The van der Waals surface area contributed by atoms with Gasteiger partial charge in [-0.1, -0.05) is 37.6 Å². The molecule has 0 radical (unpaired) electrons. The molecule has 1 aliphatic rings. The number of aliphatic hydroxyl groups is 1. The first kappa shape index (κ1) is 22.3. The maximum atomic E-state index is 13.1. The van der Waals surface area contributed by atoms with Crippen LogP contribution in [-0.4, -0.2) is 28.4 Å². The van der Waals surface area contributed by atoms with Crippen LogP contribution >= 0.6 is 0 Å². The van der Waals surface area contributed by atoms with Gasteiger partial charge in [-0.2, -0.15) is 0 Å². The van der Waals surface area contributed by atoms with Crippen LogP contribution in [0, 0.1) is 12.8 Å². The minimum absolute atomic E-state index is 0.00937. The van der Waals surface area contributed by atoms with E-state index in [1.54, 1.807) is 60.8 Å². The van der Waals surface area contributed by atoms with Gasteiger partial charge in [-0.3, -0.25) is 19.5 Å². The highest BCUT2D eigenvalue weighted by molar-refractivity contribution is 6.51. The summed E-state index contributed by atoms with van der Waals surface area (Å²) >= 11 is 0. The Morgan fingerprint density at radius 1 is 1.03 bits per heavy atom. The van der Waals surface area contributed by atoms with E-state index in [2.05, 4.69) is 18.8 Å². The van der Waals surface area contributed by atoms with Crippen molar-refractivity contribution in [3.63, 3.8) is 0 Å². The van der Waals surface area contributed by atoms with Gasteiger partial charge in [0.25, 0.3) is 11.7 Å². The lowest BCUT2D eigenvalue weighted by Crippen LogP contribution is -2.29. The highest BCUT2D eigenvalue weighted by Crippen LogP contribution is 2.41. The topological polar surface area (TPSA) is 79.7 Å². The number of rotatable bonds is 6. The molecule has 6 heteroatoms. The number of ketones is 1. The van der Waals surface area contributed by atoms with Crippen molar-refractivity contribution >= 4 is 23.1 Å². The minimum Gasteiger partial charge on any atom is -0.507 e. The van der Waals surface area contributed by atoms with Gasteiger partial charge in [0, 0.05) is 17.4 Å². The van der Waals surface area contributed by atoms with Crippen LogP contribution in [0.25, 0.3) is 5.76 Å². The van der Waals surface area contributed by atoms with Crippen molar-refractivity contribution in [3.05, 3.63) is 95.3 Å². The molecule has 0 aliphatic carbocycles. The first-order valence-electron chi connectivity index (χ1n) is 10.9. The van der Waals surface area contributed by atoms with Gasteiger partial charge in [-0.15, -0.1) is 0 Å². The number of aryl methyl sites for hydroxylation is 1. The molecule has 1 aromatic heterocycles. The smallest absolute Gasteiger partial charge is 0.300 e. The summed E-state index contributed by atoms with van der Waals surface area (Å²) in [7, 11) is 0. The average molecular weight is 443 g/mol. The zero-order valence-electron chi connectivity index (χ0n) is 18.9. The van der Waals surface area contributed by atoms with E-state index in [9.17, 15) is 14.7 Å². The van der Waals surface area contributed by atoms with Crippen molar-refractivity contribution in [2.75, 3.05) is 11.5 Å². The van der Waals surface area contributed by atoms with Crippen molar-refractivity contribution in [3.8, 4) is 5.75 Å². The zero-order valence-corrected chi connectivity index (χ0v) is 18.9. The van der Waals surface area contributed by atoms with Gasteiger partial charge in [-0.25, -0.2) is 0 Å². The molecule has 1 atom stereocenters. The number of nitrogens with zero attached hydrogens (tertiary/aromatic N) is 2. The fourth-order valence-electron chi connectivity index (χ4n) is 3.75. The number of hydrogen-bond donors (Lipinski definition) is 1. The molecule has 1 saturated heterocycles. The second-order valence-corrected chi connectivity index (χ2v) is 8.49. The first-order valence-corrected chi connectivity index (χ1v) is 10.9. The average Bonchev–Trinajstić information content (AvgIpc) is 3.09. The molecule has 1 amide bonds. The summed E-state index contributed by atoms with van der Waals surface area (Å²) in [5, 5.41) is 11.2. The largest absolute Gasteiger partial charge is 0.507 e. The SMILES string of the molecule is Cc1ccc(N2C(=O)C(=O)/C(=C(\O)c3ccc(OCC(C)C)cc3)C2c2ccccn2)cc1. The number of carbonyl (C=O) groups is 2. The van der Waals surface area contributed by atoms with Gasteiger partial charge in [-0.05, 0) is 61.4 Å². The summed E-state index contributed by atoms with van der Waals surface area (Å²) in [6.07, 6.45) is 1.60. The summed E-state index contributed by atoms with van der Waals surface area (Å²) < 4.78 is 5.70. The van der Waals surface area contributed by atoms with Crippen molar-refractivity contribution in [1.29, 1.82) is 0 Å². The quantitative estimate of drug-likeness (QED) is 0.328. The predicted octanol–water partition coefficient (Wildman–Crippen LogP) is 5.05. The van der Waals surface area contributed by atoms with E-state index in [4.69, 9.17) is 4.74 Å². The van der Waals surface area contributed by atoms with Crippen LogP contribution in [0.3, 0.4) is 0 Å². The number of carbonyl (C=O) groups excluding carboxylic acids is 2. The second kappa shape index (κ2) is 9.28. The van der Waals surface area contributed by atoms with Crippen LogP contribution in [0.15, 0.2) is 78.5 Å². The summed E-state index contributed by atoms with van der Waals surface area (Å²) in [5.41, 5.74) is 2.53. The molecule has 0 bridgehead atoms. The number of anilines is 1. The Kier molecular flexibility index (Phi) is 6.27. The number of benzene rings is 2. The van der Waals surface area contributed by atoms with Gasteiger partial charge in [0.2, 0.25) is 0 Å². The predicted molar refractivity (Wildman–Crippen MR) is 127 cm³/mol. The molecule has 168 valence electrons. The molecule has 6 nitrogen and oxygen atoms in total. The Labute approximate surface area is 193 Å². The molecule has 33 heavy (non-hydrogen) atoms. The van der Waals surface area contributed by atoms with Gasteiger partial charge < -0.3 is 9.84 Å². The van der Waals surface area contributed by atoms with E-state index in [0.717, 1.165) is 5.56 Å². The van der Waals surface area contributed by atoms with Gasteiger partial charge in [0.15, 0.2) is 0 Å². The first-order chi connectivity index (χ1) is 15.9. The number of amides is 1. The van der Waals surface area contributed by atoms with Crippen molar-refractivity contribution < 1.29 is 19.4 Å². The third kappa shape index (κ3) is 4.51. The van der Waals surface area contributed by atoms with Crippen LogP contribution < -0.4 is 9.64 Å². The number of aliphatic hydroxyl groups excluding tert-OH is 1. The fraction of sp³-hybridized carbons (Fsp3) is 0.222. The summed E-state index contributed by atoms with van der Waals surface area (Å²) in [4.78, 5) is 32.0. The highest BCUT2D eigenvalue weighted by Gasteiger charge is 2.47. The Morgan fingerprint density at radius 2 is 1.73 bits per heavy atom. The lowest BCUT2D eigenvalue weighted by Gasteiger charge is -2.24. The molecule has 2 heterocycles. The van der Waals surface area contributed by atoms with E-state index in [-0.39, 0.29) is 11.3 Å². The van der Waals surface area contributed by atoms with Crippen molar-refractivity contribution in [2.45, 2.75) is 26.8 Å². The van der Waals surface area contributed by atoms with Crippen LogP contribution in [-0.2, 0) is 9.59 Å². The molecular weight excluding hydrogens is 416 g/mol. The maximum Gasteiger partial charge on any atom is 0.300 e. The molecule has 0 saturated carbocycles. The number of ether oxygens (including phenoxy) is 1. The molecular formula is C27H26N2O4. The Bertz CT molecular complexity index is 1180. The van der Waals surface area contributed by atoms with Crippen LogP contribution in [0.4, 0.5) is 5.69 Å². The van der Waals surface area contributed by atoms with E-state index in [0.29, 0.717) is 35.2 Å². The molecule has 1 unspecified atom stereocenters. The molecule has 2 aromatic carbocycles. The lowest BCUT2D eigenvalue weighted by molar-refractivity contribution is -0.132. The molecule has 3 aromatic rings. The highest BCUT2D eigenvalue weighted by atomic mass is 16.5. The third-order valence-electron chi connectivity index (χ3n) is 5.44. The lowest BCUT2D eigenvalue weighted by atomic mass is 9.98. The van der Waals surface area contributed by atoms with Crippen LogP contribution in [0.1, 0.15) is 36.7 Å². The van der Waals surface area contributed by atoms with Gasteiger partial charge in [0.1, 0.15) is 17.6 Å². The summed E-state index contributed by atoms with van der Waals surface area (Å²) in [6, 6.07) is 18.6. The standard InChI is InChI=1S/C27H26N2O4/c1-17(2)16-33-21-13-9-19(10-14-21)25(30)23-24(22-6-4-5-15-28-22)29(27(32)26(23)31)20-11-7-18(3)8-12-20/h4-15,17,24,30H,16H2,1-3H3/b25-23-. The van der Waals surface area contributed by atoms with Crippen molar-refractivity contribution in [1.82, 2.24) is 4.98 Å². The zero-order chi connectivity index (χ0) is 23.5. The summed E-state index contributed by atoms with van der Waals surface area (Å²) in [5.74, 6) is -0.637. The molecule has 1 aliphatic heterocycles. The third-order valence-corrected chi connectivity index (χ3v) is 5.44. The molecule has 4 rings (SSSR count). The fourth-order valence-corrected chi connectivity index (χ4v) is 3.75. The second-order valence-electron chi connectivity index (χ2n) is 8.49. The van der Waals surface area contributed by atoms with Crippen LogP contribution in [0.5, 0.6) is 5.75 Å². The van der Waals surface area contributed by atoms with E-state index in [1.165, 1.54) is 4.90 Å². The number of Topliss-reactive ketones (excluding diaryl/α,β-unsaturated/α-hetero) is 1. The maximum absolute atomic E-state index is 13.1.